The summed E-state index contributed by atoms with van der Waals surface area (Å²) in [5.74, 6) is 1.17. The average Bonchev–Trinajstić information content (AvgIpc) is 3.15. The summed E-state index contributed by atoms with van der Waals surface area (Å²) in [5, 5.41) is 5.46. The molecule has 0 aliphatic rings. The molecule has 0 saturated carbocycles. The number of carbonyl (C=O) groups is 1. The summed E-state index contributed by atoms with van der Waals surface area (Å²) >= 11 is 0. The predicted octanol–water partition coefficient (Wildman–Crippen LogP) is 4.26. The van der Waals surface area contributed by atoms with Crippen LogP contribution in [0.25, 0.3) is 11.0 Å². The molecule has 0 N–H and O–H groups in total. The maximum absolute atomic E-state index is 13.1. The highest BCUT2D eigenvalue weighted by Crippen LogP contribution is 2.21. The molecule has 0 saturated heterocycles. The Labute approximate surface area is 148 Å². The van der Waals surface area contributed by atoms with Gasteiger partial charge in [-0.15, -0.1) is 0 Å². The largest absolute Gasteiger partial charge is 0.459 e. The molecule has 1 amide bonds. The number of carbonyl (C=O) groups excluding carboxylic acids is 1. The molecule has 5 heteroatoms. The van der Waals surface area contributed by atoms with Crippen molar-refractivity contribution < 1.29 is 9.21 Å². The number of benzene rings is 1. The van der Waals surface area contributed by atoms with Crippen molar-refractivity contribution in [1.29, 1.82) is 0 Å². The summed E-state index contributed by atoms with van der Waals surface area (Å²) < 4.78 is 7.68. The van der Waals surface area contributed by atoms with E-state index in [-0.39, 0.29) is 5.91 Å². The van der Waals surface area contributed by atoms with Gasteiger partial charge in [-0.2, -0.15) is 5.10 Å². The number of amides is 1. The molecule has 2 aromatic heterocycles. The number of fused-ring (bicyclic) bond motifs is 1. The molecule has 0 aliphatic carbocycles. The second kappa shape index (κ2) is 7.13. The third kappa shape index (κ3) is 3.76. The minimum absolute atomic E-state index is 0.00314. The predicted molar refractivity (Wildman–Crippen MR) is 98.4 cm³/mol. The molecule has 0 spiro atoms. The van der Waals surface area contributed by atoms with Crippen LogP contribution in [0.1, 0.15) is 42.7 Å². The van der Waals surface area contributed by atoms with Gasteiger partial charge in [0, 0.05) is 18.5 Å². The van der Waals surface area contributed by atoms with Gasteiger partial charge in [-0.05, 0) is 38.0 Å². The van der Waals surface area contributed by atoms with E-state index in [4.69, 9.17) is 4.42 Å². The maximum Gasteiger partial charge on any atom is 0.272 e. The normalized spacial score (nSPS) is 11.4. The molecule has 25 heavy (non-hydrogen) atoms. The van der Waals surface area contributed by atoms with Gasteiger partial charge in [0.25, 0.3) is 5.91 Å². The van der Waals surface area contributed by atoms with Crippen molar-refractivity contribution in [2.24, 2.45) is 5.92 Å². The SMILES string of the molecule is CCn1nc(C)cc1C(=O)N(Cc1cc2ccccc2o1)CC(C)C. The van der Waals surface area contributed by atoms with E-state index in [9.17, 15) is 4.79 Å². The van der Waals surface area contributed by atoms with Crippen LogP contribution in [0.3, 0.4) is 0 Å². The fraction of sp³-hybridized carbons (Fsp3) is 0.400. The second-order valence-corrected chi connectivity index (χ2v) is 6.82. The molecule has 1 aromatic carbocycles. The molecule has 0 aliphatic heterocycles. The van der Waals surface area contributed by atoms with Crippen molar-refractivity contribution in [3.8, 4) is 0 Å². The molecule has 2 heterocycles. The van der Waals surface area contributed by atoms with Crippen LogP contribution in [0.2, 0.25) is 0 Å². The van der Waals surface area contributed by atoms with E-state index in [1.807, 2.05) is 55.1 Å². The fourth-order valence-corrected chi connectivity index (χ4v) is 3.08. The highest BCUT2D eigenvalue weighted by molar-refractivity contribution is 5.92. The number of para-hydroxylation sites is 1. The zero-order chi connectivity index (χ0) is 18.0. The molecular weight excluding hydrogens is 314 g/mol. The number of nitrogens with zero attached hydrogens (tertiary/aromatic N) is 3. The van der Waals surface area contributed by atoms with E-state index in [1.54, 1.807) is 4.68 Å². The molecule has 0 fully saturated rings. The first kappa shape index (κ1) is 17.3. The van der Waals surface area contributed by atoms with Gasteiger partial charge in [0.15, 0.2) is 0 Å². The maximum atomic E-state index is 13.1. The summed E-state index contributed by atoms with van der Waals surface area (Å²) in [4.78, 5) is 15.0. The first-order chi connectivity index (χ1) is 12.0. The number of rotatable bonds is 6. The van der Waals surface area contributed by atoms with Crippen LogP contribution in [0, 0.1) is 12.8 Å². The van der Waals surface area contributed by atoms with Crippen LogP contribution in [-0.2, 0) is 13.1 Å². The van der Waals surface area contributed by atoms with Crippen LogP contribution in [0.5, 0.6) is 0 Å². The zero-order valence-electron chi connectivity index (χ0n) is 15.3. The minimum Gasteiger partial charge on any atom is -0.459 e. The minimum atomic E-state index is -0.00314. The molecule has 5 nitrogen and oxygen atoms in total. The smallest absolute Gasteiger partial charge is 0.272 e. The van der Waals surface area contributed by atoms with Crippen molar-refractivity contribution in [3.05, 3.63) is 53.5 Å². The number of aryl methyl sites for hydroxylation is 2. The van der Waals surface area contributed by atoms with Gasteiger partial charge in [0.2, 0.25) is 0 Å². The zero-order valence-corrected chi connectivity index (χ0v) is 15.3. The molecule has 132 valence electrons. The lowest BCUT2D eigenvalue weighted by molar-refractivity contribution is 0.0698. The lowest BCUT2D eigenvalue weighted by atomic mass is 10.2. The highest BCUT2D eigenvalue weighted by Gasteiger charge is 2.22. The number of aromatic nitrogens is 2. The van der Waals surface area contributed by atoms with Gasteiger partial charge in [-0.25, -0.2) is 0 Å². The summed E-state index contributed by atoms with van der Waals surface area (Å²) in [5.41, 5.74) is 2.35. The van der Waals surface area contributed by atoms with Gasteiger partial charge >= 0.3 is 0 Å². The third-order valence-corrected chi connectivity index (χ3v) is 4.12. The first-order valence-electron chi connectivity index (χ1n) is 8.79. The van der Waals surface area contributed by atoms with Crippen molar-refractivity contribution in [2.45, 2.75) is 40.8 Å². The van der Waals surface area contributed by atoms with Crippen LogP contribution < -0.4 is 0 Å². The Bertz CT molecular complexity index is 843. The van der Waals surface area contributed by atoms with Crippen molar-refractivity contribution >= 4 is 16.9 Å². The van der Waals surface area contributed by atoms with Gasteiger partial charge in [0.1, 0.15) is 17.0 Å². The molecule has 3 rings (SSSR count). The van der Waals surface area contributed by atoms with Crippen LogP contribution in [-0.4, -0.2) is 27.1 Å². The molecule has 0 atom stereocenters. The van der Waals surface area contributed by atoms with Crippen LogP contribution in [0.15, 0.2) is 40.8 Å². The monoisotopic (exact) mass is 339 g/mol. The highest BCUT2D eigenvalue weighted by atomic mass is 16.3. The summed E-state index contributed by atoms with van der Waals surface area (Å²) in [6.07, 6.45) is 0. The van der Waals surface area contributed by atoms with E-state index in [2.05, 4.69) is 18.9 Å². The summed E-state index contributed by atoms with van der Waals surface area (Å²) in [7, 11) is 0. The number of hydrogen-bond acceptors (Lipinski definition) is 3. The van der Waals surface area contributed by atoms with E-state index in [0.717, 1.165) is 22.4 Å². The molecule has 0 bridgehead atoms. The number of furan rings is 1. The first-order valence-corrected chi connectivity index (χ1v) is 8.79. The lowest BCUT2D eigenvalue weighted by Gasteiger charge is -2.23. The topological polar surface area (TPSA) is 51.3 Å². The quantitative estimate of drug-likeness (QED) is 0.674. The summed E-state index contributed by atoms with van der Waals surface area (Å²) in [6.45, 7) is 9.94. The molecule has 3 aromatic rings. The molecular formula is C20H25N3O2. The molecule has 0 unspecified atom stereocenters. The Kier molecular flexibility index (Phi) is 4.93. The van der Waals surface area contributed by atoms with E-state index >= 15 is 0 Å². The van der Waals surface area contributed by atoms with Crippen molar-refractivity contribution in [3.63, 3.8) is 0 Å². The van der Waals surface area contributed by atoms with Gasteiger partial charge < -0.3 is 9.32 Å². The number of hydrogen-bond donors (Lipinski definition) is 0. The van der Waals surface area contributed by atoms with Gasteiger partial charge in [-0.1, -0.05) is 32.0 Å². The van der Waals surface area contributed by atoms with Crippen LogP contribution in [0.4, 0.5) is 0 Å². The average molecular weight is 339 g/mol. The van der Waals surface area contributed by atoms with E-state index in [1.165, 1.54) is 0 Å². The Hall–Kier alpha value is -2.56. The lowest BCUT2D eigenvalue weighted by Crippen LogP contribution is -2.35. The standard InChI is InChI=1S/C20H25N3O2/c1-5-23-18(10-15(4)21-23)20(24)22(12-14(2)3)13-17-11-16-8-6-7-9-19(16)25-17/h6-11,14H,5,12-13H2,1-4H3. The summed E-state index contributed by atoms with van der Waals surface area (Å²) in [6, 6.07) is 11.8. The van der Waals surface area contributed by atoms with E-state index < -0.39 is 0 Å². The Balaban J connectivity index is 1.89. The Morgan fingerprint density at radius 3 is 2.72 bits per heavy atom. The van der Waals surface area contributed by atoms with Crippen LogP contribution >= 0.6 is 0 Å². The Morgan fingerprint density at radius 2 is 2.04 bits per heavy atom. The van der Waals surface area contributed by atoms with Gasteiger partial charge in [0.05, 0.1) is 12.2 Å². The van der Waals surface area contributed by atoms with E-state index in [0.29, 0.717) is 31.2 Å². The molecule has 0 radical (unpaired) electrons. The van der Waals surface area contributed by atoms with Gasteiger partial charge in [-0.3, -0.25) is 9.48 Å². The van der Waals surface area contributed by atoms with Crippen molar-refractivity contribution in [1.82, 2.24) is 14.7 Å². The van der Waals surface area contributed by atoms with Crippen molar-refractivity contribution in [2.75, 3.05) is 6.54 Å². The second-order valence-electron chi connectivity index (χ2n) is 6.82. The third-order valence-electron chi connectivity index (χ3n) is 4.12. The Morgan fingerprint density at radius 1 is 1.28 bits per heavy atom. The fourth-order valence-electron chi connectivity index (χ4n) is 3.08.